The van der Waals surface area contributed by atoms with Crippen LogP contribution in [0.3, 0.4) is 0 Å². The van der Waals surface area contributed by atoms with Crippen LogP contribution in [0.2, 0.25) is 10.3 Å². The summed E-state index contributed by atoms with van der Waals surface area (Å²) in [4.78, 5) is 10.9. The van der Waals surface area contributed by atoms with Gasteiger partial charge in [-0.05, 0) is 0 Å². The molecule has 0 atom stereocenters. The zero-order valence-electron chi connectivity index (χ0n) is 7.76. The highest BCUT2D eigenvalue weighted by Gasteiger charge is 2.10. The van der Waals surface area contributed by atoms with Gasteiger partial charge in [0, 0.05) is 12.3 Å². The lowest BCUT2D eigenvalue weighted by Gasteiger charge is -2.01. The van der Waals surface area contributed by atoms with Crippen molar-refractivity contribution < 1.29 is 4.79 Å². The molecule has 1 amide bonds. The largest absolute Gasteiger partial charge is 0.366 e. The molecule has 16 heavy (non-hydrogen) atoms. The van der Waals surface area contributed by atoms with Crippen molar-refractivity contribution in [3.05, 3.63) is 34.3 Å². The van der Waals surface area contributed by atoms with Gasteiger partial charge < -0.3 is 5.73 Å². The summed E-state index contributed by atoms with van der Waals surface area (Å²) in [5, 5.41) is 11.4. The Hall–Kier alpha value is -1.66. The van der Waals surface area contributed by atoms with Crippen molar-refractivity contribution >= 4 is 29.1 Å². The number of aromatic nitrogens is 4. The zero-order valence-corrected chi connectivity index (χ0v) is 9.27. The van der Waals surface area contributed by atoms with Gasteiger partial charge in [0.2, 0.25) is 0 Å². The molecular weight excluding hydrogens is 253 g/mol. The van der Waals surface area contributed by atoms with Crippen LogP contribution in [-0.2, 0) is 0 Å². The monoisotopic (exact) mass is 257 g/mol. The molecule has 0 fully saturated rings. The van der Waals surface area contributed by atoms with Gasteiger partial charge in [-0.15, -0.1) is 10.2 Å². The van der Waals surface area contributed by atoms with Gasteiger partial charge in [-0.2, -0.15) is 5.10 Å². The molecule has 8 heteroatoms. The molecule has 6 nitrogen and oxygen atoms in total. The van der Waals surface area contributed by atoms with Crippen LogP contribution in [0.15, 0.2) is 18.5 Å². The maximum atomic E-state index is 10.9. The summed E-state index contributed by atoms with van der Waals surface area (Å²) in [5.74, 6) is -0.574. The molecule has 2 aromatic heterocycles. The predicted octanol–water partition coefficient (Wildman–Crippen LogP) is 1.07. The summed E-state index contributed by atoms with van der Waals surface area (Å²) in [6.45, 7) is 0. The zero-order chi connectivity index (χ0) is 11.7. The molecule has 0 spiro atoms. The summed E-state index contributed by atoms with van der Waals surface area (Å²) in [6, 6.07) is 1.48. The number of primary amides is 1. The second kappa shape index (κ2) is 4.07. The van der Waals surface area contributed by atoms with Crippen LogP contribution in [0.4, 0.5) is 0 Å². The normalized spacial score (nSPS) is 10.4. The van der Waals surface area contributed by atoms with E-state index in [1.807, 2.05) is 0 Å². The van der Waals surface area contributed by atoms with Crippen LogP contribution in [-0.4, -0.2) is 25.9 Å². The smallest absolute Gasteiger partial charge is 0.251 e. The summed E-state index contributed by atoms with van der Waals surface area (Å²) in [5.41, 5.74) is 5.79. The summed E-state index contributed by atoms with van der Waals surface area (Å²) in [7, 11) is 0. The molecule has 0 aliphatic heterocycles. The molecule has 0 saturated heterocycles. The number of rotatable bonds is 2. The predicted molar refractivity (Wildman–Crippen MR) is 57.7 cm³/mol. The highest BCUT2D eigenvalue weighted by Crippen LogP contribution is 2.19. The summed E-state index contributed by atoms with van der Waals surface area (Å²) >= 11 is 11.5. The lowest BCUT2D eigenvalue weighted by molar-refractivity contribution is 0.100. The SMILES string of the molecule is NC(=O)c1cnn(-c2cc(Cl)nnc2Cl)c1. The van der Waals surface area contributed by atoms with E-state index in [1.165, 1.54) is 23.1 Å². The van der Waals surface area contributed by atoms with Crippen LogP contribution >= 0.6 is 23.2 Å². The molecule has 2 aromatic rings. The number of carbonyl (C=O) groups is 1. The molecule has 0 radical (unpaired) electrons. The topological polar surface area (TPSA) is 86.7 Å². The van der Waals surface area contributed by atoms with Crippen LogP contribution < -0.4 is 5.73 Å². The van der Waals surface area contributed by atoms with Crippen molar-refractivity contribution in [2.75, 3.05) is 0 Å². The first-order chi connectivity index (χ1) is 7.58. The Bertz CT molecular complexity index is 553. The molecule has 0 unspecified atom stereocenters. The second-order valence-corrected chi connectivity index (χ2v) is 3.63. The number of hydrogen-bond acceptors (Lipinski definition) is 4. The van der Waals surface area contributed by atoms with Gasteiger partial charge in [0.15, 0.2) is 10.3 Å². The van der Waals surface area contributed by atoms with Crippen LogP contribution in [0.5, 0.6) is 0 Å². The van der Waals surface area contributed by atoms with Gasteiger partial charge in [-0.25, -0.2) is 4.68 Å². The molecular formula is C8H5Cl2N5O. The van der Waals surface area contributed by atoms with Gasteiger partial charge in [0.05, 0.1) is 11.8 Å². The molecule has 2 rings (SSSR count). The third kappa shape index (κ3) is 1.98. The molecule has 0 aliphatic rings. The molecule has 0 bridgehead atoms. The molecule has 2 N–H and O–H groups in total. The minimum atomic E-state index is -0.574. The van der Waals surface area contributed by atoms with E-state index in [0.717, 1.165) is 0 Å². The summed E-state index contributed by atoms with van der Waals surface area (Å²) in [6.07, 6.45) is 2.76. The molecule has 0 saturated carbocycles. The Balaban J connectivity index is 2.50. The third-order valence-electron chi connectivity index (χ3n) is 1.81. The van der Waals surface area contributed by atoms with E-state index >= 15 is 0 Å². The van der Waals surface area contributed by atoms with Crippen molar-refractivity contribution in [1.82, 2.24) is 20.0 Å². The molecule has 2 heterocycles. The maximum absolute atomic E-state index is 10.9. The van der Waals surface area contributed by atoms with E-state index in [2.05, 4.69) is 15.3 Å². The number of carbonyl (C=O) groups excluding carboxylic acids is 1. The average Bonchev–Trinajstić information content (AvgIpc) is 2.70. The van der Waals surface area contributed by atoms with E-state index in [-0.39, 0.29) is 15.9 Å². The average molecular weight is 258 g/mol. The lowest BCUT2D eigenvalue weighted by Crippen LogP contribution is -2.09. The van der Waals surface area contributed by atoms with Crippen molar-refractivity contribution in [2.24, 2.45) is 5.73 Å². The van der Waals surface area contributed by atoms with E-state index in [1.54, 1.807) is 0 Å². The first-order valence-electron chi connectivity index (χ1n) is 4.11. The van der Waals surface area contributed by atoms with Crippen LogP contribution in [0.1, 0.15) is 10.4 Å². The first kappa shape index (κ1) is 10.8. The fourth-order valence-electron chi connectivity index (χ4n) is 1.09. The Kier molecular flexibility index (Phi) is 2.76. The molecule has 82 valence electrons. The minimum absolute atomic E-state index is 0.128. The number of amides is 1. The maximum Gasteiger partial charge on any atom is 0.251 e. The second-order valence-electron chi connectivity index (χ2n) is 2.88. The van der Waals surface area contributed by atoms with Crippen molar-refractivity contribution in [2.45, 2.75) is 0 Å². The van der Waals surface area contributed by atoms with Gasteiger partial charge in [0.1, 0.15) is 5.69 Å². The van der Waals surface area contributed by atoms with Crippen LogP contribution in [0.25, 0.3) is 5.69 Å². The van der Waals surface area contributed by atoms with Crippen LogP contribution in [0, 0.1) is 0 Å². The quantitative estimate of drug-likeness (QED) is 0.872. The number of nitrogens with zero attached hydrogens (tertiary/aromatic N) is 4. The van der Waals surface area contributed by atoms with Crippen molar-refractivity contribution in [3.8, 4) is 5.69 Å². The van der Waals surface area contributed by atoms with Gasteiger partial charge >= 0.3 is 0 Å². The lowest BCUT2D eigenvalue weighted by atomic mass is 10.3. The first-order valence-corrected chi connectivity index (χ1v) is 4.87. The third-order valence-corrected chi connectivity index (χ3v) is 2.27. The highest BCUT2D eigenvalue weighted by molar-refractivity contribution is 6.32. The van der Waals surface area contributed by atoms with Crippen molar-refractivity contribution in [3.63, 3.8) is 0 Å². The Labute approximate surface area is 100.0 Å². The Morgan fingerprint density at radius 2 is 2.12 bits per heavy atom. The standard InChI is InChI=1S/C8H5Cl2N5O/c9-6-1-5(7(10)14-13-6)15-3-4(2-12-15)8(11)16/h1-3H,(H2,11,16). The van der Waals surface area contributed by atoms with E-state index < -0.39 is 5.91 Å². The van der Waals surface area contributed by atoms with Gasteiger partial charge in [-0.3, -0.25) is 4.79 Å². The fourth-order valence-corrected chi connectivity index (χ4v) is 1.41. The number of hydrogen-bond donors (Lipinski definition) is 1. The highest BCUT2D eigenvalue weighted by atomic mass is 35.5. The Morgan fingerprint density at radius 1 is 1.38 bits per heavy atom. The Morgan fingerprint density at radius 3 is 2.75 bits per heavy atom. The minimum Gasteiger partial charge on any atom is -0.366 e. The van der Waals surface area contributed by atoms with Gasteiger partial charge in [-0.1, -0.05) is 23.2 Å². The number of halogens is 2. The summed E-state index contributed by atoms with van der Waals surface area (Å²) < 4.78 is 1.35. The van der Waals surface area contributed by atoms with E-state index in [4.69, 9.17) is 28.9 Å². The van der Waals surface area contributed by atoms with E-state index in [0.29, 0.717) is 5.69 Å². The molecule has 0 aliphatic carbocycles. The van der Waals surface area contributed by atoms with Gasteiger partial charge in [0.25, 0.3) is 5.91 Å². The van der Waals surface area contributed by atoms with Crippen molar-refractivity contribution in [1.29, 1.82) is 0 Å². The number of nitrogens with two attached hydrogens (primary N) is 1. The van der Waals surface area contributed by atoms with E-state index in [9.17, 15) is 4.79 Å². The molecule has 0 aromatic carbocycles. The fraction of sp³-hybridized carbons (Fsp3) is 0.